The van der Waals surface area contributed by atoms with Crippen molar-refractivity contribution >= 4 is 58.0 Å². The van der Waals surface area contributed by atoms with Crippen molar-refractivity contribution in [2.75, 3.05) is 23.9 Å². The predicted octanol–water partition coefficient (Wildman–Crippen LogP) is 4.81. The molecule has 39 heavy (non-hydrogen) atoms. The second-order valence-corrected chi connectivity index (χ2v) is 9.42. The van der Waals surface area contributed by atoms with E-state index in [1.54, 1.807) is 72.8 Å². The first-order valence-corrected chi connectivity index (χ1v) is 13.0. The molecule has 0 aliphatic carbocycles. The quantitative estimate of drug-likeness (QED) is 0.340. The van der Waals surface area contributed by atoms with E-state index in [1.165, 1.54) is 17.0 Å². The molecular weight excluding hydrogens is 540 g/mol. The summed E-state index contributed by atoms with van der Waals surface area (Å²) in [6, 6.07) is 18.9. The maximum absolute atomic E-state index is 13.6. The predicted molar refractivity (Wildman–Crippen MR) is 153 cm³/mol. The molecule has 1 aliphatic heterocycles. The van der Waals surface area contributed by atoms with Gasteiger partial charge in [0.25, 0.3) is 11.8 Å². The van der Waals surface area contributed by atoms with E-state index < -0.39 is 23.8 Å². The summed E-state index contributed by atoms with van der Waals surface area (Å²) < 4.78 is 10.8. The minimum absolute atomic E-state index is 0.0220. The lowest BCUT2D eigenvalue weighted by Gasteiger charge is -2.24. The average molecular weight is 567 g/mol. The Bertz CT molecular complexity index is 1370. The second-order valence-electron chi connectivity index (χ2n) is 8.62. The van der Waals surface area contributed by atoms with Crippen LogP contribution in [0.3, 0.4) is 0 Å². The summed E-state index contributed by atoms with van der Waals surface area (Å²) in [5, 5.41) is 4.54. The van der Waals surface area contributed by atoms with Gasteiger partial charge in [-0.1, -0.05) is 24.6 Å². The molecule has 0 radical (unpaired) electrons. The normalized spacial score (nSPS) is 14.8. The topological polar surface area (TPSA) is 100 Å². The van der Waals surface area contributed by atoms with E-state index in [9.17, 15) is 14.4 Å². The smallest absolute Gasteiger partial charge is 0.270 e. The van der Waals surface area contributed by atoms with Crippen molar-refractivity contribution < 1.29 is 23.9 Å². The highest BCUT2D eigenvalue weighted by molar-refractivity contribution is 7.80. The van der Waals surface area contributed by atoms with Gasteiger partial charge in [0.2, 0.25) is 11.0 Å². The molecule has 202 valence electrons. The third kappa shape index (κ3) is 6.65. The van der Waals surface area contributed by atoms with Crippen molar-refractivity contribution in [2.24, 2.45) is 0 Å². The number of rotatable bonds is 10. The van der Waals surface area contributed by atoms with Gasteiger partial charge < -0.3 is 14.8 Å². The molecule has 4 rings (SSSR count). The van der Waals surface area contributed by atoms with Crippen LogP contribution in [-0.4, -0.2) is 47.6 Å². The van der Waals surface area contributed by atoms with E-state index in [-0.39, 0.29) is 11.5 Å². The summed E-state index contributed by atoms with van der Waals surface area (Å²) >= 11 is 11.6. The number of hydrogen-bond donors (Lipinski definition) is 2. The Balaban J connectivity index is 1.55. The number of hydrazine groups is 1. The lowest BCUT2D eigenvalue weighted by molar-refractivity contribution is -0.124. The molecule has 1 saturated heterocycles. The zero-order valence-electron chi connectivity index (χ0n) is 21.3. The fourth-order valence-electron chi connectivity index (χ4n) is 3.91. The van der Waals surface area contributed by atoms with Crippen molar-refractivity contribution in [3.63, 3.8) is 0 Å². The maximum Gasteiger partial charge on any atom is 0.270 e. The first kappa shape index (κ1) is 27.9. The minimum Gasteiger partial charge on any atom is -0.497 e. The average Bonchev–Trinajstić information content (AvgIpc) is 3.17. The van der Waals surface area contributed by atoms with Gasteiger partial charge in [-0.15, -0.1) is 0 Å². The first-order valence-electron chi connectivity index (χ1n) is 12.2. The molecule has 3 aromatic rings. The van der Waals surface area contributed by atoms with Crippen LogP contribution in [0.15, 0.2) is 72.8 Å². The van der Waals surface area contributed by atoms with Gasteiger partial charge in [-0.2, -0.15) is 0 Å². The lowest BCUT2D eigenvalue weighted by Crippen LogP contribution is -2.49. The Morgan fingerprint density at radius 3 is 2.41 bits per heavy atom. The number of carbonyl (C=O) groups excluding carboxylic acids is 3. The minimum atomic E-state index is -1.09. The van der Waals surface area contributed by atoms with Crippen molar-refractivity contribution in [3.05, 3.63) is 83.4 Å². The number of anilines is 2. The fourth-order valence-corrected chi connectivity index (χ4v) is 4.40. The van der Waals surface area contributed by atoms with Crippen LogP contribution < -0.4 is 25.1 Å². The first-order chi connectivity index (χ1) is 18.8. The third-order valence-corrected chi connectivity index (χ3v) is 6.47. The number of ether oxygens (including phenoxy) is 2. The summed E-state index contributed by atoms with van der Waals surface area (Å²) in [5.41, 5.74) is 3.99. The summed E-state index contributed by atoms with van der Waals surface area (Å²) in [6.45, 7) is 2.61. The number of carbonyl (C=O) groups is 3. The molecule has 0 aromatic heterocycles. The molecule has 0 bridgehead atoms. The molecule has 3 aromatic carbocycles. The fraction of sp³-hybridized carbons (Fsp3) is 0.214. The van der Waals surface area contributed by atoms with E-state index in [1.807, 2.05) is 6.92 Å². The van der Waals surface area contributed by atoms with Crippen LogP contribution in [-0.2, 0) is 9.59 Å². The van der Waals surface area contributed by atoms with Crippen LogP contribution in [0.5, 0.6) is 11.5 Å². The van der Waals surface area contributed by atoms with Crippen LogP contribution in [0.25, 0.3) is 0 Å². The molecule has 1 heterocycles. The molecule has 2 N–H and O–H groups in total. The zero-order valence-corrected chi connectivity index (χ0v) is 22.9. The molecule has 0 unspecified atom stereocenters. The molecule has 1 atom stereocenters. The molecule has 0 saturated carbocycles. The van der Waals surface area contributed by atoms with E-state index in [0.717, 1.165) is 6.42 Å². The summed E-state index contributed by atoms with van der Waals surface area (Å²) in [6.07, 6.45) is 0.614. The number of thiocarbonyl (C=S) groups is 1. The molecule has 11 heteroatoms. The lowest BCUT2D eigenvalue weighted by atomic mass is 10.1. The van der Waals surface area contributed by atoms with Gasteiger partial charge in [0, 0.05) is 16.3 Å². The van der Waals surface area contributed by atoms with E-state index >= 15 is 0 Å². The number of halogens is 1. The van der Waals surface area contributed by atoms with Crippen LogP contribution in [0.4, 0.5) is 11.4 Å². The van der Waals surface area contributed by atoms with Crippen LogP contribution >= 0.6 is 23.8 Å². The monoisotopic (exact) mass is 566 g/mol. The van der Waals surface area contributed by atoms with E-state index in [2.05, 4.69) is 10.7 Å². The summed E-state index contributed by atoms with van der Waals surface area (Å²) in [5.74, 6) is -0.234. The van der Waals surface area contributed by atoms with Crippen molar-refractivity contribution in [3.8, 4) is 11.5 Å². The van der Waals surface area contributed by atoms with E-state index in [0.29, 0.717) is 40.1 Å². The molecule has 1 aliphatic rings. The van der Waals surface area contributed by atoms with Gasteiger partial charge in [0.05, 0.1) is 25.8 Å². The van der Waals surface area contributed by atoms with Gasteiger partial charge >= 0.3 is 0 Å². The Hall–Kier alpha value is -4.15. The Labute approximate surface area is 236 Å². The molecule has 1 fully saturated rings. The van der Waals surface area contributed by atoms with Crippen LogP contribution in [0, 0.1) is 0 Å². The van der Waals surface area contributed by atoms with Crippen molar-refractivity contribution in [1.29, 1.82) is 0 Å². The van der Waals surface area contributed by atoms with Crippen molar-refractivity contribution in [1.82, 2.24) is 10.4 Å². The Morgan fingerprint density at radius 1 is 1.03 bits per heavy atom. The Morgan fingerprint density at radius 2 is 1.74 bits per heavy atom. The van der Waals surface area contributed by atoms with Crippen LogP contribution in [0.2, 0.25) is 5.02 Å². The largest absolute Gasteiger partial charge is 0.497 e. The highest BCUT2D eigenvalue weighted by atomic mass is 35.5. The summed E-state index contributed by atoms with van der Waals surface area (Å²) in [4.78, 5) is 41.0. The standard InChI is InChI=1S/C28H27ClN4O5S/c1-3-15-38-22-13-9-20(10-14-22)30-25(34)17-24-27(36)32(21-11-7-19(29)8-12-21)28(39)33(24)31-26(35)18-5-4-6-23(16-18)37-2/h4-14,16,24H,3,15,17H2,1-2H3,(H,30,34)(H,31,35)/t24-/m1/s1. The summed E-state index contributed by atoms with van der Waals surface area (Å²) in [7, 11) is 1.50. The van der Waals surface area contributed by atoms with Gasteiger partial charge in [-0.3, -0.25) is 24.7 Å². The second kappa shape index (κ2) is 12.6. The van der Waals surface area contributed by atoms with Gasteiger partial charge in [-0.05, 0) is 85.4 Å². The third-order valence-electron chi connectivity index (χ3n) is 5.84. The molecular formula is C28H27ClN4O5S. The highest BCUT2D eigenvalue weighted by Gasteiger charge is 2.45. The number of methoxy groups -OCH3 is 1. The number of benzene rings is 3. The number of hydrogen-bond acceptors (Lipinski definition) is 6. The molecule has 9 nitrogen and oxygen atoms in total. The zero-order chi connectivity index (χ0) is 27.9. The maximum atomic E-state index is 13.6. The van der Waals surface area contributed by atoms with Crippen LogP contribution in [0.1, 0.15) is 30.1 Å². The van der Waals surface area contributed by atoms with Gasteiger partial charge in [-0.25, -0.2) is 5.01 Å². The molecule has 0 spiro atoms. The van der Waals surface area contributed by atoms with Gasteiger partial charge in [0.1, 0.15) is 17.5 Å². The highest BCUT2D eigenvalue weighted by Crippen LogP contribution is 2.28. The Kier molecular flexibility index (Phi) is 9.00. The number of nitrogens with zero attached hydrogens (tertiary/aromatic N) is 2. The SMILES string of the molecule is CCCOc1ccc(NC(=O)C[C@@H]2C(=O)N(c3ccc(Cl)cc3)C(=S)N2NC(=O)c2cccc(OC)c2)cc1. The molecule has 3 amide bonds. The van der Waals surface area contributed by atoms with E-state index in [4.69, 9.17) is 33.3 Å². The van der Waals surface area contributed by atoms with Gasteiger partial charge in [0.15, 0.2) is 0 Å². The number of nitrogens with one attached hydrogen (secondary N) is 2. The number of amides is 3. The van der Waals surface area contributed by atoms with Crippen molar-refractivity contribution in [2.45, 2.75) is 25.8 Å².